The van der Waals surface area contributed by atoms with E-state index in [4.69, 9.17) is 4.74 Å². The number of hydrogen-bond acceptors (Lipinski definition) is 3. The van der Waals surface area contributed by atoms with Crippen molar-refractivity contribution >= 4 is 15.6 Å². The van der Waals surface area contributed by atoms with Crippen LogP contribution in [0.3, 0.4) is 0 Å². The van der Waals surface area contributed by atoms with Crippen LogP contribution < -0.4 is 0 Å². The molecule has 0 aromatic heterocycles. The van der Waals surface area contributed by atoms with Gasteiger partial charge in [0.05, 0.1) is 9.47 Å². The summed E-state index contributed by atoms with van der Waals surface area (Å²) in [5, 5.41) is 0. The first-order valence-electron chi connectivity index (χ1n) is 4.26. The summed E-state index contributed by atoms with van der Waals surface area (Å²) in [4.78, 5) is 10.8. The van der Waals surface area contributed by atoms with E-state index in [0.29, 0.717) is 0 Å². The molecule has 0 aromatic rings. The predicted octanol–water partition coefficient (Wildman–Crippen LogP) is 3.14. The Morgan fingerprint density at radius 2 is 1.69 bits per heavy atom. The van der Waals surface area contributed by atoms with E-state index < -0.39 is 11.8 Å². The molecule has 0 fully saturated rings. The van der Waals surface area contributed by atoms with E-state index in [-0.39, 0.29) is 5.41 Å². The molecule has 78 valence electrons. The van der Waals surface area contributed by atoms with Crippen molar-refractivity contribution in [2.24, 2.45) is 5.41 Å². The van der Waals surface area contributed by atoms with Gasteiger partial charge in [-0.05, 0) is 25.7 Å². The topological polar surface area (TPSA) is 35.5 Å². The average molecular weight is 206 g/mol. The van der Waals surface area contributed by atoms with Crippen molar-refractivity contribution in [3.63, 3.8) is 0 Å². The molecule has 0 aliphatic heterocycles. The molecule has 0 N–H and O–H groups in total. The van der Waals surface area contributed by atoms with Crippen LogP contribution >= 0.6 is 9.47 Å². The summed E-state index contributed by atoms with van der Waals surface area (Å²) in [5.74, 6) is 0. The maximum Gasteiger partial charge on any atom is 0.511 e. The third-order valence-electron chi connectivity index (χ3n) is 1.41. The van der Waals surface area contributed by atoms with E-state index in [2.05, 4.69) is 25.3 Å². The Balaban J connectivity index is 4.16. The molecule has 0 bridgehead atoms. The number of rotatable bonds is 2. The molecule has 0 saturated carbocycles. The number of ether oxygens (including phenoxy) is 1. The van der Waals surface area contributed by atoms with Gasteiger partial charge in [-0.3, -0.25) is 0 Å². The molecule has 0 aromatic carbocycles. The fraction of sp³-hybridized carbons (Fsp3) is 0.889. The Bertz CT molecular complexity index is 182. The van der Waals surface area contributed by atoms with Crippen LogP contribution in [0.5, 0.6) is 0 Å². The molecular weight excluding hydrogens is 187 g/mol. The minimum Gasteiger partial charge on any atom is -0.428 e. The Morgan fingerprint density at radius 3 is 2.00 bits per heavy atom. The summed E-state index contributed by atoms with van der Waals surface area (Å²) in [7, 11) is 1.87. The summed E-state index contributed by atoms with van der Waals surface area (Å²) in [6.45, 7) is 10.1. The SMILES string of the molecule is CC(C)(C)CC(C)(C)OC(=O)OP. The smallest absolute Gasteiger partial charge is 0.428 e. The molecule has 0 amide bonds. The van der Waals surface area contributed by atoms with Crippen LogP contribution in [0.2, 0.25) is 0 Å². The molecule has 0 saturated heterocycles. The maximum atomic E-state index is 10.8. The van der Waals surface area contributed by atoms with E-state index in [1.54, 1.807) is 0 Å². The zero-order valence-corrected chi connectivity index (χ0v) is 10.2. The van der Waals surface area contributed by atoms with E-state index in [1.807, 2.05) is 23.3 Å². The minimum atomic E-state index is -0.653. The lowest BCUT2D eigenvalue weighted by Gasteiger charge is -2.31. The molecule has 4 heteroatoms. The summed E-state index contributed by atoms with van der Waals surface area (Å²) in [5.41, 5.74) is -0.351. The molecule has 0 rings (SSSR count). The zero-order valence-electron chi connectivity index (χ0n) is 9.01. The standard InChI is InChI=1S/C9H19O3P/c1-8(2,3)6-9(4,5)11-7(10)12-13/h6,13H2,1-5H3. The Labute approximate surface area is 82.5 Å². The van der Waals surface area contributed by atoms with Crippen LogP contribution in [0.4, 0.5) is 4.79 Å². The molecular formula is C9H19O3P. The fourth-order valence-electron chi connectivity index (χ4n) is 1.56. The quantitative estimate of drug-likeness (QED) is 0.514. The monoisotopic (exact) mass is 206 g/mol. The van der Waals surface area contributed by atoms with Gasteiger partial charge in [-0.25, -0.2) is 4.79 Å². The van der Waals surface area contributed by atoms with Crippen molar-refractivity contribution in [3.8, 4) is 0 Å². The van der Waals surface area contributed by atoms with Gasteiger partial charge < -0.3 is 9.26 Å². The molecule has 1 atom stereocenters. The van der Waals surface area contributed by atoms with Crippen LogP contribution in [0, 0.1) is 5.41 Å². The molecule has 13 heavy (non-hydrogen) atoms. The lowest BCUT2D eigenvalue weighted by atomic mass is 9.84. The van der Waals surface area contributed by atoms with Gasteiger partial charge in [0.25, 0.3) is 0 Å². The first-order valence-corrected chi connectivity index (χ1v) is 4.73. The van der Waals surface area contributed by atoms with Crippen LogP contribution in [-0.2, 0) is 9.26 Å². The van der Waals surface area contributed by atoms with Crippen molar-refractivity contribution in [2.45, 2.75) is 46.6 Å². The maximum absolute atomic E-state index is 10.8. The first-order chi connectivity index (χ1) is 5.66. The van der Waals surface area contributed by atoms with Crippen molar-refractivity contribution in [2.75, 3.05) is 0 Å². The fourth-order valence-corrected chi connectivity index (χ4v) is 1.61. The number of carbonyl (C=O) groups excluding carboxylic acids is 1. The van der Waals surface area contributed by atoms with Gasteiger partial charge in [0.1, 0.15) is 5.60 Å². The third kappa shape index (κ3) is 6.83. The van der Waals surface area contributed by atoms with Gasteiger partial charge in [0.15, 0.2) is 0 Å². The normalized spacial score (nSPS) is 12.5. The Hall–Kier alpha value is -0.300. The highest BCUT2D eigenvalue weighted by atomic mass is 31.0. The average Bonchev–Trinajstić information content (AvgIpc) is 1.80. The lowest BCUT2D eigenvalue weighted by molar-refractivity contribution is -0.0108. The predicted molar refractivity (Wildman–Crippen MR) is 55.4 cm³/mol. The van der Waals surface area contributed by atoms with Crippen LogP contribution in [0.25, 0.3) is 0 Å². The zero-order chi connectivity index (χ0) is 10.7. The van der Waals surface area contributed by atoms with Crippen molar-refractivity contribution in [1.82, 2.24) is 0 Å². The summed E-state index contributed by atoms with van der Waals surface area (Å²) in [6.07, 6.45) is 0.138. The van der Waals surface area contributed by atoms with Crippen LogP contribution in [-0.4, -0.2) is 11.8 Å². The molecule has 0 aliphatic carbocycles. The van der Waals surface area contributed by atoms with Crippen molar-refractivity contribution in [3.05, 3.63) is 0 Å². The molecule has 1 unspecified atom stereocenters. The number of hydrogen-bond donors (Lipinski definition) is 0. The van der Waals surface area contributed by atoms with E-state index in [1.165, 1.54) is 0 Å². The van der Waals surface area contributed by atoms with Gasteiger partial charge in [-0.2, -0.15) is 0 Å². The molecule has 3 nitrogen and oxygen atoms in total. The van der Waals surface area contributed by atoms with E-state index in [0.717, 1.165) is 6.42 Å². The molecule has 0 aliphatic rings. The van der Waals surface area contributed by atoms with Gasteiger partial charge in [0, 0.05) is 0 Å². The first kappa shape index (κ1) is 12.7. The Kier molecular flexibility index (Phi) is 4.18. The Morgan fingerprint density at radius 1 is 1.23 bits per heavy atom. The van der Waals surface area contributed by atoms with Gasteiger partial charge in [-0.15, -0.1) is 0 Å². The summed E-state index contributed by atoms with van der Waals surface area (Å²) >= 11 is 0. The highest BCUT2D eigenvalue weighted by molar-refractivity contribution is 7.10. The van der Waals surface area contributed by atoms with Crippen LogP contribution in [0.1, 0.15) is 41.0 Å². The van der Waals surface area contributed by atoms with E-state index >= 15 is 0 Å². The van der Waals surface area contributed by atoms with Gasteiger partial charge >= 0.3 is 6.16 Å². The molecule has 0 heterocycles. The highest BCUT2D eigenvalue weighted by Gasteiger charge is 2.29. The third-order valence-corrected chi connectivity index (χ3v) is 1.60. The van der Waals surface area contributed by atoms with Gasteiger partial charge in [-0.1, -0.05) is 20.8 Å². The lowest BCUT2D eigenvalue weighted by Crippen LogP contribution is -2.32. The van der Waals surface area contributed by atoms with Crippen molar-refractivity contribution in [1.29, 1.82) is 0 Å². The second-order valence-electron chi connectivity index (χ2n) is 4.97. The second-order valence-corrected chi connectivity index (χ2v) is 5.20. The second kappa shape index (κ2) is 4.28. The highest BCUT2D eigenvalue weighted by Crippen LogP contribution is 2.29. The minimum absolute atomic E-state index is 0.130. The summed E-state index contributed by atoms with van der Waals surface area (Å²) < 4.78 is 9.44. The molecule has 0 radical (unpaired) electrons. The summed E-state index contributed by atoms with van der Waals surface area (Å²) in [6, 6.07) is 0. The van der Waals surface area contributed by atoms with Crippen molar-refractivity contribution < 1.29 is 14.1 Å². The van der Waals surface area contributed by atoms with Crippen LogP contribution in [0.15, 0.2) is 0 Å². The van der Waals surface area contributed by atoms with Gasteiger partial charge in [0.2, 0.25) is 0 Å². The largest absolute Gasteiger partial charge is 0.511 e. The number of carbonyl (C=O) groups is 1. The van der Waals surface area contributed by atoms with E-state index in [9.17, 15) is 4.79 Å². The molecule has 0 spiro atoms.